The third-order valence-electron chi connectivity index (χ3n) is 1.66. The number of carbonyl (C=O) groups excluding carboxylic acids is 1. The second-order valence-electron chi connectivity index (χ2n) is 3.88. The molecule has 0 unspecified atom stereocenters. The number of rotatable bonds is 3. The maximum Gasteiger partial charge on any atom is 0.189 e. The molecule has 0 aliphatic heterocycles. The second kappa shape index (κ2) is 4.78. The van der Waals surface area contributed by atoms with E-state index in [4.69, 9.17) is 11.1 Å². The van der Waals surface area contributed by atoms with Crippen LogP contribution in [0.5, 0.6) is 0 Å². The quantitative estimate of drug-likeness (QED) is 0.270. The zero-order valence-corrected chi connectivity index (χ0v) is 10.4. The minimum Gasteiger partial charge on any atom is -0.370 e. The fourth-order valence-electron chi connectivity index (χ4n) is 0.602. The highest BCUT2D eigenvalue weighted by Crippen LogP contribution is 2.15. The molecule has 13 heavy (non-hydrogen) atoms. The SMILES string of the molecule is CC(C)(C)C(=O)CN(CI)C(=N)N. The van der Waals surface area contributed by atoms with Crippen LogP contribution in [0.25, 0.3) is 0 Å². The first-order valence-electron chi connectivity index (χ1n) is 3.97. The number of guanidine groups is 1. The molecule has 0 aliphatic carbocycles. The molecular weight excluding hydrogens is 281 g/mol. The number of hydrogen-bond acceptors (Lipinski definition) is 2. The molecule has 3 N–H and O–H groups in total. The first-order valence-corrected chi connectivity index (χ1v) is 5.50. The van der Waals surface area contributed by atoms with Crippen LogP contribution in [0.4, 0.5) is 0 Å². The van der Waals surface area contributed by atoms with Gasteiger partial charge in [-0.2, -0.15) is 0 Å². The van der Waals surface area contributed by atoms with Crippen LogP contribution in [0.2, 0.25) is 0 Å². The van der Waals surface area contributed by atoms with E-state index in [9.17, 15) is 4.79 Å². The van der Waals surface area contributed by atoms with Crippen molar-refractivity contribution in [1.29, 1.82) is 5.41 Å². The van der Waals surface area contributed by atoms with Gasteiger partial charge in [-0.05, 0) is 0 Å². The van der Waals surface area contributed by atoms with Crippen LogP contribution in [-0.2, 0) is 4.79 Å². The molecule has 76 valence electrons. The first kappa shape index (κ1) is 12.7. The summed E-state index contributed by atoms with van der Waals surface area (Å²) >= 11 is 2.08. The lowest BCUT2D eigenvalue weighted by atomic mass is 9.91. The third kappa shape index (κ3) is 4.44. The molecule has 0 fully saturated rings. The van der Waals surface area contributed by atoms with Gasteiger partial charge in [0.25, 0.3) is 0 Å². The summed E-state index contributed by atoms with van der Waals surface area (Å²) in [6.07, 6.45) is 0. The lowest BCUT2D eigenvalue weighted by Crippen LogP contribution is -2.42. The number of ketones is 1. The van der Waals surface area contributed by atoms with Crippen molar-refractivity contribution < 1.29 is 4.79 Å². The van der Waals surface area contributed by atoms with Gasteiger partial charge in [-0.3, -0.25) is 10.2 Å². The summed E-state index contributed by atoms with van der Waals surface area (Å²) in [6, 6.07) is 0. The Balaban J connectivity index is 4.26. The van der Waals surface area contributed by atoms with Gasteiger partial charge in [-0.15, -0.1) is 0 Å². The number of nitrogens with one attached hydrogen (secondary N) is 1. The Hall–Kier alpha value is -0.330. The Kier molecular flexibility index (Phi) is 4.66. The van der Waals surface area contributed by atoms with Gasteiger partial charge < -0.3 is 10.6 Å². The molecule has 0 rings (SSSR count). The van der Waals surface area contributed by atoms with Crippen molar-refractivity contribution >= 4 is 34.3 Å². The Morgan fingerprint density at radius 2 is 2.00 bits per heavy atom. The Morgan fingerprint density at radius 3 is 2.23 bits per heavy atom. The fourth-order valence-corrected chi connectivity index (χ4v) is 1.21. The topological polar surface area (TPSA) is 70.2 Å². The predicted octanol–water partition coefficient (Wildman–Crippen LogP) is 1.19. The first-order chi connectivity index (χ1) is 5.79. The van der Waals surface area contributed by atoms with E-state index < -0.39 is 0 Å². The van der Waals surface area contributed by atoms with E-state index in [0.717, 1.165) is 0 Å². The molecule has 0 aromatic carbocycles. The van der Waals surface area contributed by atoms with Crippen molar-refractivity contribution in [3.63, 3.8) is 0 Å². The molecule has 0 saturated heterocycles. The van der Waals surface area contributed by atoms with Crippen molar-refractivity contribution in [3.05, 3.63) is 0 Å². The van der Waals surface area contributed by atoms with Crippen molar-refractivity contribution in [2.45, 2.75) is 20.8 Å². The van der Waals surface area contributed by atoms with Crippen LogP contribution in [0.15, 0.2) is 0 Å². The molecule has 0 saturated carbocycles. The number of alkyl halides is 1. The molecular formula is C8H16IN3O. The number of Topliss-reactive ketones (excluding diaryl/α,β-unsaturated/α-hetero) is 1. The van der Waals surface area contributed by atoms with Gasteiger partial charge in [0.1, 0.15) is 0 Å². The highest BCUT2D eigenvalue weighted by Gasteiger charge is 2.23. The standard InChI is InChI=1S/C8H16IN3O/c1-8(2,3)6(13)4-12(5-9)7(10)11/h4-5H2,1-3H3,(H3,10,11). The second-order valence-corrected chi connectivity index (χ2v) is 4.56. The normalized spacial score (nSPS) is 11.1. The van der Waals surface area contributed by atoms with Crippen molar-refractivity contribution in [1.82, 2.24) is 4.90 Å². The summed E-state index contributed by atoms with van der Waals surface area (Å²) < 4.78 is 0.564. The zero-order chi connectivity index (χ0) is 10.6. The summed E-state index contributed by atoms with van der Waals surface area (Å²) in [5.74, 6) is 0.0476. The average molecular weight is 297 g/mol. The lowest BCUT2D eigenvalue weighted by molar-refractivity contribution is -0.126. The van der Waals surface area contributed by atoms with Gasteiger partial charge in [-0.25, -0.2) is 0 Å². The molecule has 0 heterocycles. The van der Waals surface area contributed by atoms with Crippen molar-refractivity contribution in [3.8, 4) is 0 Å². The number of halogens is 1. The smallest absolute Gasteiger partial charge is 0.189 e. The van der Waals surface area contributed by atoms with Crippen LogP contribution in [-0.4, -0.2) is 27.7 Å². The number of nitrogens with zero attached hydrogens (tertiary/aromatic N) is 1. The van der Waals surface area contributed by atoms with E-state index in [1.54, 1.807) is 0 Å². The Morgan fingerprint density at radius 1 is 1.54 bits per heavy atom. The maximum atomic E-state index is 11.5. The average Bonchev–Trinajstić information content (AvgIpc) is 1.96. The molecule has 0 aliphatic rings. The number of carbonyl (C=O) groups is 1. The maximum absolute atomic E-state index is 11.5. The third-order valence-corrected chi connectivity index (χ3v) is 2.48. The van der Waals surface area contributed by atoms with E-state index in [1.807, 2.05) is 20.8 Å². The van der Waals surface area contributed by atoms with E-state index in [-0.39, 0.29) is 23.7 Å². The monoisotopic (exact) mass is 297 g/mol. The van der Waals surface area contributed by atoms with Crippen LogP contribution in [0.1, 0.15) is 20.8 Å². The van der Waals surface area contributed by atoms with Crippen molar-refractivity contribution in [2.24, 2.45) is 11.1 Å². The predicted molar refractivity (Wildman–Crippen MR) is 62.0 cm³/mol. The Bertz CT molecular complexity index is 210. The highest BCUT2D eigenvalue weighted by atomic mass is 127. The highest BCUT2D eigenvalue weighted by molar-refractivity contribution is 14.1. The van der Waals surface area contributed by atoms with Gasteiger partial charge in [0.15, 0.2) is 11.7 Å². The molecule has 0 radical (unpaired) electrons. The van der Waals surface area contributed by atoms with Gasteiger partial charge >= 0.3 is 0 Å². The number of nitrogens with two attached hydrogens (primary N) is 1. The minimum absolute atomic E-state index is 0.0491. The molecule has 0 bridgehead atoms. The van der Waals surface area contributed by atoms with E-state index in [0.29, 0.717) is 4.55 Å². The van der Waals surface area contributed by atoms with Gasteiger partial charge in [0, 0.05) is 5.41 Å². The van der Waals surface area contributed by atoms with E-state index in [1.165, 1.54) is 4.90 Å². The summed E-state index contributed by atoms with van der Waals surface area (Å²) in [7, 11) is 0. The summed E-state index contributed by atoms with van der Waals surface area (Å²) in [4.78, 5) is 13.1. The van der Waals surface area contributed by atoms with Gasteiger partial charge in [-0.1, -0.05) is 43.4 Å². The molecule has 4 nitrogen and oxygen atoms in total. The van der Waals surface area contributed by atoms with Crippen LogP contribution >= 0.6 is 22.6 Å². The molecule has 0 aromatic heterocycles. The largest absolute Gasteiger partial charge is 0.370 e. The van der Waals surface area contributed by atoms with Crippen LogP contribution < -0.4 is 5.73 Å². The number of hydrogen-bond donors (Lipinski definition) is 2. The van der Waals surface area contributed by atoms with Gasteiger partial charge in [0.05, 0.1) is 11.1 Å². The molecule has 0 amide bonds. The van der Waals surface area contributed by atoms with E-state index in [2.05, 4.69) is 22.6 Å². The molecule has 5 heteroatoms. The summed E-state index contributed by atoms with van der Waals surface area (Å²) in [6.45, 7) is 5.81. The zero-order valence-electron chi connectivity index (χ0n) is 8.22. The van der Waals surface area contributed by atoms with Crippen LogP contribution in [0.3, 0.4) is 0 Å². The van der Waals surface area contributed by atoms with Crippen molar-refractivity contribution in [2.75, 3.05) is 11.1 Å². The molecule has 0 aromatic rings. The molecule has 0 spiro atoms. The minimum atomic E-state index is -0.362. The Labute approximate surface area is 92.5 Å². The van der Waals surface area contributed by atoms with E-state index >= 15 is 0 Å². The van der Waals surface area contributed by atoms with Crippen LogP contribution in [0, 0.1) is 10.8 Å². The summed E-state index contributed by atoms with van der Waals surface area (Å²) in [5.41, 5.74) is 4.93. The lowest BCUT2D eigenvalue weighted by Gasteiger charge is -2.23. The molecule has 0 atom stereocenters. The summed E-state index contributed by atoms with van der Waals surface area (Å²) in [5, 5.41) is 7.20. The fraction of sp³-hybridized carbons (Fsp3) is 0.750. The van der Waals surface area contributed by atoms with Gasteiger partial charge in [0.2, 0.25) is 0 Å².